The number of hydrogen-bond acceptors (Lipinski definition) is 5. The molecule has 0 bridgehead atoms. The van der Waals surface area contributed by atoms with E-state index in [-0.39, 0.29) is 0 Å². The molecule has 90 valence electrons. The van der Waals surface area contributed by atoms with Gasteiger partial charge in [-0.05, 0) is 62.9 Å². The van der Waals surface area contributed by atoms with Crippen LogP contribution in [0.2, 0.25) is 0 Å². The van der Waals surface area contributed by atoms with Crippen LogP contribution in [0.3, 0.4) is 0 Å². The molecule has 0 unspecified atom stereocenters. The molecule has 2 aromatic rings. The van der Waals surface area contributed by atoms with Gasteiger partial charge < -0.3 is 5.32 Å². The summed E-state index contributed by atoms with van der Waals surface area (Å²) in [4.78, 5) is 1.10. The largest absolute Gasteiger partial charge is 0.316 e. The van der Waals surface area contributed by atoms with Crippen molar-refractivity contribution in [2.75, 3.05) is 7.05 Å². The molecule has 2 rings (SSSR count). The fourth-order valence-electron chi connectivity index (χ4n) is 1.35. The quantitative estimate of drug-likeness (QED) is 0.933. The predicted molar refractivity (Wildman–Crippen MR) is 69.8 cm³/mol. The molecule has 0 aliphatic carbocycles. The van der Waals surface area contributed by atoms with Gasteiger partial charge in [0.05, 0.1) is 0 Å². The van der Waals surface area contributed by atoms with Crippen LogP contribution in [-0.2, 0) is 13.6 Å². The lowest BCUT2D eigenvalue weighted by atomic mass is 10.2. The maximum Gasteiger partial charge on any atom is 0.213 e. The van der Waals surface area contributed by atoms with Crippen LogP contribution in [0.5, 0.6) is 0 Å². The fraction of sp³-hybridized carbons (Fsp3) is 0.300. The average molecular weight is 314 g/mol. The van der Waals surface area contributed by atoms with Gasteiger partial charge in [0, 0.05) is 23.0 Å². The Morgan fingerprint density at radius 1 is 1.47 bits per heavy atom. The second kappa shape index (κ2) is 5.61. The van der Waals surface area contributed by atoms with Crippen LogP contribution >= 0.6 is 27.7 Å². The van der Waals surface area contributed by atoms with Gasteiger partial charge in [-0.1, -0.05) is 6.07 Å². The topological polar surface area (TPSA) is 55.6 Å². The van der Waals surface area contributed by atoms with Crippen LogP contribution in [0.1, 0.15) is 5.56 Å². The molecule has 0 radical (unpaired) electrons. The standard InChI is InChI=1S/C10H12BrN5S/c1-12-6-7-3-4-9(8(11)5-7)17-10-13-14-15-16(10)2/h3-5,12H,6H2,1-2H3. The number of nitrogens with zero attached hydrogens (tertiary/aromatic N) is 4. The van der Waals surface area contributed by atoms with Crippen LogP contribution in [0, 0.1) is 0 Å². The first-order valence-corrected chi connectivity index (χ1v) is 6.65. The molecule has 1 aromatic carbocycles. The first-order chi connectivity index (χ1) is 8.20. The Labute approximate surface area is 112 Å². The summed E-state index contributed by atoms with van der Waals surface area (Å²) in [6, 6.07) is 6.26. The van der Waals surface area contributed by atoms with Gasteiger partial charge in [0.25, 0.3) is 0 Å². The normalized spacial score (nSPS) is 10.8. The summed E-state index contributed by atoms with van der Waals surface area (Å²) in [5.41, 5.74) is 1.24. The highest BCUT2D eigenvalue weighted by molar-refractivity contribution is 9.10. The summed E-state index contributed by atoms with van der Waals surface area (Å²) >= 11 is 5.09. The van der Waals surface area contributed by atoms with Gasteiger partial charge >= 0.3 is 0 Å². The highest BCUT2D eigenvalue weighted by Crippen LogP contribution is 2.32. The number of benzene rings is 1. The minimum atomic E-state index is 0.770. The van der Waals surface area contributed by atoms with Crippen molar-refractivity contribution in [3.8, 4) is 0 Å². The lowest BCUT2D eigenvalue weighted by molar-refractivity contribution is 0.664. The van der Waals surface area contributed by atoms with Gasteiger partial charge in [-0.25, -0.2) is 4.68 Å². The summed E-state index contributed by atoms with van der Waals surface area (Å²) in [6.45, 7) is 0.856. The van der Waals surface area contributed by atoms with E-state index in [1.807, 2.05) is 14.1 Å². The number of halogens is 1. The lowest BCUT2D eigenvalue weighted by Crippen LogP contribution is -2.04. The van der Waals surface area contributed by atoms with E-state index in [0.29, 0.717) is 0 Å². The van der Waals surface area contributed by atoms with E-state index in [1.165, 1.54) is 17.3 Å². The minimum Gasteiger partial charge on any atom is -0.316 e. The highest BCUT2D eigenvalue weighted by Gasteiger charge is 2.08. The van der Waals surface area contributed by atoms with E-state index in [0.717, 1.165) is 21.1 Å². The van der Waals surface area contributed by atoms with E-state index in [2.05, 4.69) is 55.0 Å². The molecule has 0 atom stereocenters. The Kier molecular flexibility index (Phi) is 4.14. The molecule has 1 heterocycles. The van der Waals surface area contributed by atoms with E-state index < -0.39 is 0 Å². The van der Waals surface area contributed by atoms with Gasteiger partial charge in [-0.2, -0.15) is 0 Å². The molecular formula is C10H12BrN5S. The van der Waals surface area contributed by atoms with Gasteiger partial charge in [0.2, 0.25) is 5.16 Å². The van der Waals surface area contributed by atoms with Gasteiger partial charge in [-0.15, -0.1) is 5.10 Å². The molecule has 0 saturated carbocycles. The summed E-state index contributed by atoms with van der Waals surface area (Å²) < 4.78 is 2.71. The van der Waals surface area contributed by atoms with Crippen LogP contribution in [0.25, 0.3) is 0 Å². The van der Waals surface area contributed by atoms with Crippen molar-refractivity contribution in [1.29, 1.82) is 0 Å². The number of rotatable bonds is 4. The zero-order chi connectivity index (χ0) is 12.3. The van der Waals surface area contributed by atoms with Gasteiger partial charge in [0.15, 0.2) is 0 Å². The van der Waals surface area contributed by atoms with Crippen molar-refractivity contribution in [3.63, 3.8) is 0 Å². The third kappa shape index (κ3) is 3.05. The molecule has 17 heavy (non-hydrogen) atoms. The zero-order valence-corrected chi connectivity index (χ0v) is 11.9. The summed E-state index contributed by atoms with van der Waals surface area (Å²) in [7, 11) is 3.76. The molecular weight excluding hydrogens is 302 g/mol. The number of aryl methyl sites for hydroxylation is 1. The van der Waals surface area contributed by atoms with Gasteiger partial charge in [-0.3, -0.25) is 0 Å². The molecule has 0 aliphatic rings. The Bertz CT molecular complexity index is 513. The van der Waals surface area contributed by atoms with E-state index in [4.69, 9.17) is 0 Å². The van der Waals surface area contributed by atoms with Crippen molar-refractivity contribution in [1.82, 2.24) is 25.5 Å². The number of hydrogen-bond donors (Lipinski definition) is 1. The molecule has 7 heteroatoms. The van der Waals surface area contributed by atoms with Crippen molar-refractivity contribution in [2.45, 2.75) is 16.6 Å². The smallest absolute Gasteiger partial charge is 0.213 e. The number of tetrazole rings is 1. The average Bonchev–Trinajstić information content (AvgIpc) is 2.69. The molecule has 0 saturated heterocycles. The van der Waals surface area contributed by atoms with Crippen LogP contribution in [0.4, 0.5) is 0 Å². The minimum absolute atomic E-state index is 0.770. The zero-order valence-electron chi connectivity index (χ0n) is 9.51. The first kappa shape index (κ1) is 12.5. The number of aromatic nitrogens is 4. The van der Waals surface area contributed by atoms with Crippen LogP contribution < -0.4 is 5.32 Å². The van der Waals surface area contributed by atoms with Crippen molar-refractivity contribution < 1.29 is 0 Å². The summed E-state index contributed by atoms with van der Waals surface area (Å²) in [6.07, 6.45) is 0. The summed E-state index contributed by atoms with van der Waals surface area (Å²) in [5, 5.41) is 15.2. The molecule has 1 N–H and O–H groups in total. The van der Waals surface area contributed by atoms with E-state index in [9.17, 15) is 0 Å². The Morgan fingerprint density at radius 2 is 2.29 bits per heavy atom. The van der Waals surface area contributed by atoms with Crippen LogP contribution in [0.15, 0.2) is 32.7 Å². The van der Waals surface area contributed by atoms with Gasteiger partial charge in [0.1, 0.15) is 0 Å². The molecule has 0 spiro atoms. The molecule has 1 aromatic heterocycles. The third-order valence-corrected chi connectivity index (χ3v) is 4.18. The highest BCUT2D eigenvalue weighted by atomic mass is 79.9. The second-order valence-corrected chi connectivity index (χ2v) is 5.35. The van der Waals surface area contributed by atoms with E-state index in [1.54, 1.807) is 4.68 Å². The predicted octanol–water partition coefficient (Wildman–Crippen LogP) is 1.84. The first-order valence-electron chi connectivity index (χ1n) is 5.04. The van der Waals surface area contributed by atoms with Crippen molar-refractivity contribution in [2.24, 2.45) is 7.05 Å². The lowest BCUT2D eigenvalue weighted by Gasteiger charge is -2.05. The third-order valence-electron chi connectivity index (χ3n) is 2.16. The Morgan fingerprint density at radius 3 is 2.88 bits per heavy atom. The Hall–Kier alpha value is -0.920. The van der Waals surface area contributed by atoms with Crippen molar-refractivity contribution >= 4 is 27.7 Å². The SMILES string of the molecule is CNCc1ccc(Sc2nnnn2C)c(Br)c1. The van der Waals surface area contributed by atoms with Crippen molar-refractivity contribution in [3.05, 3.63) is 28.2 Å². The fourth-order valence-corrected chi connectivity index (χ4v) is 2.75. The molecule has 0 aliphatic heterocycles. The maximum atomic E-state index is 3.94. The molecule has 5 nitrogen and oxygen atoms in total. The molecule has 0 amide bonds. The molecule has 0 fully saturated rings. The Balaban J connectivity index is 2.19. The van der Waals surface area contributed by atoms with E-state index >= 15 is 0 Å². The van der Waals surface area contributed by atoms with Crippen LogP contribution in [-0.4, -0.2) is 27.3 Å². The second-order valence-electron chi connectivity index (χ2n) is 3.48. The summed E-state index contributed by atoms with van der Waals surface area (Å²) in [5.74, 6) is 0. The monoisotopic (exact) mass is 313 g/mol. The number of nitrogens with one attached hydrogen (secondary N) is 1. The maximum absolute atomic E-state index is 3.94.